The molecule has 2 N–H and O–H groups in total. The summed E-state index contributed by atoms with van der Waals surface area (Å²) in [5.41, 5.74) is 2.86. The summed E-state index contributed by atoms with van der Waals surface area (Å²) in [7, 11) is 1.74. The molecular formula is C26H24ClF2N5O2. The molecule has 186 valence electrons. The highest BCUT2D eigenvalue weighted by Gasteiger charge is 2.20. The Morgan fingerprint density at radius 2 is 1.94 bits per heavy atom. The van der Waals surface area contributed by atoms with Gasteiger partial charge in [0.15, 0.2) is 0 Å². The molecule has 0 unspecified atom stereocenters. The molecular weight excluding hydrogens is 488 g/mol. The third-order valence-electron chi connectivity index (χ3n) is 5.77. The average Bonchev–Trinajstić information content (AvgIpc) is 3.15. The first kappa shape index (κ1) is 25.2. The van der Waals surface area contributed by atoms with Gasteiger partial charge in [0, 0.05) is 19.2 Å². The number of pyridine rings is 1. The number of aromatic nitrogens is 1. The van der Waals surface area contributed by atoms with Crippen molar-refractivity contribution in [2.75, 3.05) is 13.6 Å². The molecule has 0 saturated heterocycles. The number of benzene rings is 2. The van der Waals surface area contributed by atoms with E-state index >= 15 is 0 Å². The fraction of sp³-hybridized carbons (Fsp3) is 0.231. The number of likely N-dealkylation sites (N-methyl/N-ethyl adjacent to an activating group) is 1. The van der Waals surface area contributed by atoms with Gasteiger partial charge in [0.05, 0.1) is 16.8 Å². The van der Waals surface area contributed by atoms with Crippen LogP contribution in [0.3, 0.4) is 0 Å². The molecule has 2 amide bonds. The summed E-state index contributed by atoms with van der Waals surface area (Å²) in [6.07, 6.45) is 0. The Hall–Kier alpha value is -3.85. The number of nitrogens with one attached hydrogen (secondary N) is 2. The Morgan fingerprint density at radius 1 is 1.17 bits per heavy atom. The third kappa shape index (κ3) is 5.68. The molecule has 3 aromatic rings. The van der Waals surface area contributed by atoms with Crippen LogP contribution in [0.4, 0.5) is 8.78 Å². The van der Waals surface area contributed by atoms with Gasteiger partial charge < -0.3 is 15.5 Å². The predicted molar refractivity (Wildman–Crippen MR) is 134 cm³/mol. The first-order valence-corrected chi connectivity index (χ1v) is 11.6. The second kappa shape index (κ2) is 10.4. The standard InChI is InChI=1S/C26H24ClF2N5O2/c1-14-8-17(4-7-21(14)29)15(2)31-25(36)23-10-16(12-30-26-33-24(35)13-34(26)3)9-22(32-23)19-6-5-18(28)11-20(19)27/h4-11,15H,12-13H2,1-3H3,(H,31,36)(H,30,33,35)/t15-/m0/s1. The minimum Gasteiger partial charge on any atom is -0.352 e. The highest BCUT2D eigenvalue weighted by Crippen LogP contribution is 2.28. The molecule has 0 bridgehead atoms. The number of nitrogens with zero attached hydrogens (tertiary/aromatic N) is 3. The van der Waals surface area contributed by atoms with Crippen molar-refractivity contribution in [1.29, 1.82) is 0 Å². The number of aliphatic imine (C=N–C) groups is 1. The van der Waals surface area contributed by atoms with Gasteiger partial charge in [-0.05, 0) is 66.9 Å². The summed E-state index contributed by atoms with van der Waals surface area (Å²) >= 11 is 6.27. The molecule has 1 aromatic heterocycles. The molecule has 1 atom stereocenters. The summed E-state index contributed by atoms with van der Waals surface area (Å²) in [4.78, 5) is 34.9. The van der Waals surface area contributed by atoms with Crippen LogP contribution in [0.1, 0.15) is 40.1 Å². The van der Waals surface area contributed by atoms with E-state index in [1.807, 2.05) is 0 Å². The van der Waals surface area contributed by atoms with Gasteiger partial charge >= 0.3 is 0 Å². The van der Waals surface area contributed by atoms with E-state index in [4.69, 9.17) is 11.6 Å². The van der Waals surface area contributed by atoms with Gasteiger partial charge in [0.25, 0.3) is 11.8 Å². The number of carbonyl (C=O) groups is 2. The Labute approximate surface area is 212 Å². The lowest BCUT2D eigenvalue weighted by Gasteiger charge is -2.17. The van der Waals surface area contributed by atoms with Crippen molar-refractivity contribution in [3.8, 4) is 11.3 Å². The van der Waals surface area contributed by atoms with Crippen LogP contribution in [-0.2, 0) is 11.3 Å². The molecule has 2 aromatic carbocycles. The number of halogens is 3. The van der Waals surface area contributed by atoms with Crippen molar-refractivity contribution >= 4 is 29.4 Å². The third-order valence-corrected chi connectivity index (χ3v) is 6.08. The van der Waals surface area contributed by atoms with Crippen LogP contribution in [0.25, 0.3) is 11.3 Å². The number of aryl methyl sites for hydroxylation is 1. The predicted octanol–water partition coefficient (Wildman–Crippen LogP) is 4.40. The van der Waals surface area contributed by atoms with Crippen molar-refractivity contribution in [2.45, 2.75) is 26.4 Å². The number of carbonyl (C=O) groups excluding carboxylic acids is 2. The zero-order valence-electron chi connectivity index (χ0n) is 19.9. The first-order chi connectivity index (χ1) is 17.1. The average molecular weight is 512 g/mol. The van der Waals surface area contributed by atoms with Gasteiger partial charge in [-0.2, -0.15) is 4.99 Å². The van der Waals surface area contributed by atoms with Gasteiger partial charge in [-0.3, -0.25) is 9.59 Å². The minimum absolute atomic E-state index is 0.119. The van der Waals surface area contributed by atoms with E-state index in [9.17, 15) is 18.4 Å². The molecule has 0 aliphatic carbocycles. The van der Waals surface area contributed by atoms with E-state index in [2.05, 4.69) is 20.6 Å². The van der Waals surface area contributed by atoms with Gasteiger partial charge in [-0.25, -0.2) is 13.8 Å². The van der Waals surface area contributed by atoms with Crippen LogP contribution in [0.5, 0.6) is 0 Å². The molecule has 2 heterocycles. The van der Waals surface area contributed by atoms with Crippen LogP contribution in [0.2, 0.25) is 5.02 Å². The fourth-order valence-corrected chi connectivity index (χ4v) is 4.07. The van der Waals surface area contributed by atoms with Crippen molar-refractivity contribution in [3.05, 3.63) is 87.6 Å². The van der Waals surface area contributed by atoms with E-state index in [1.54, 1.807) is 50.1 Å². The van der Waals surface area contributed by atoms with Crippen molar-refractivity contribution in [2.24, 2.45) is 4.99 Å². The first-order valence-electron chi connectivity index (χ1n) is 11.2. The number of hydrogen-bond donors (Lipinski definition) is 2. The van der Waals surface area contributed by atoms with E-state index in [-0.39, 0.29) is 35.5 Å². The van der Waals surface area contributed by atoms with E-state index in [0.29, 0.717) is 28.3 Å². The molecule has 0 radical (unpaired) electrons. The topological polar surface area (TPSA) is 86.7 Å². The van der Waals surface area contributed by atoms with Crippen molar-refractivity contribution in [3.63, 3.8) is 0 Å². The summed E-state index contributed by atoms with van der Waals surface area (Å²) in [6.45, 7) is 3.88. The lowest BCUT2D eigenvalue weighted by atomic mass is 10.0. The Bertz CT molecular complexity index is 1380. The lowest BCUT2D eigenvalue weighted by molar-refractivity contribution is -0.116. The summed E-state index contributed by atoms with van der Waals surface area (Å²) in [6, 6.07) is 11.5. The minimum atomic E-state index is -0.491. The second-order valence-electron chi connectivity index (χ2n) is 8.61. The molecule has 7 nitrogen and oxygen atoms in total. The quantitative estimate of drug-likeness (QED) is 0.512. The molecule has 0 spiro atoms. The number of rotatable bonds is 6. The van der Waals surface area contributed by atoms with E-state index < -0.39 is 17.8 Å². The number of hydrogen-bond acceptors (Lipinski definition) is 5. The van der Waals surface area contributed by atoms with Gasteiger partial charge in [0.2, 0.25) is 5.96 Å². The van der Waals surface area contributed by atoms with Crippen LogP contribution in [0.15, 0.2) is 53.5 Å². The maximum absolute atomic E-state index is 13.7. The van der Waals surface area contributed by atoms with Crippen LogP contribution >= 0.6 is 11.6 Å². The van der Waals surface area contributed by atoms with Gasteiger partial charge in [0.1, 0.15) is 23.9 Å². The SMILES string of the molecule is Cc1cc([C@H](C)NC(=O)c2cc(CNC3=NC(=O)CN3C)cc(-c3ccc(F)cc3Cl)n2)ccc1F. The molecule has 0 fully saturated rings. The largest absolute Gasteiger partial charge is 0.352 e. The summed E-state index contributed by atoms with van der Waals surface area (Å²) in [5.74, 6) is -1.09. The van der Waals surface area contributed by atoms with Crippen LogP contribution in [0, 0.1) is 18.6 Å². The van der Waals surface area contributed by atoms with Gasteiger partial charge in [-0.15, -0.1) is 0 Å². The molecule has 4 rings (SSSR count). The fourth-order valence-electron chi connectivity index (χ4n) is 3.80. The number of guanidine groups is 1. The zero-order valence-corrected chi connectivity index (χ0v) is 20.7. The zero-order chi connectivity index (χ0) is 26.0. The second-order valence-corrected chi connectivity index (χ2v) is 9.02. The smallest absolute Gasteiger partial charge is 0.270 e. The highest BCUT2D eigenvalue weighted by molar-refractivity contribution is 6.33. The monoisotopic (exact) mass is 511 g/mol. The van der Waals surface area contributed by atoms with E-state index in [0.717, 1.165) is 5.56 Å². The molecule has 36 heavy (non-hydrogen) atoms. The van der Waals surface area contributed by atoms with Crippen LogP contribution < -0.4 is 10.6 Å². The summed E-state index contributed by atoms with van der Waals surface area (Å²) < 4.78 is 27.3. The number of amides is 2. The van der Waals surface area contributed by atoms with Gasteiger partial charge in [-0.1, -0.05) is 23.7 Å². The molecule has 1 aliphatic heterocycles. The highest BCUT2D eigenvalue weighted by atomic mass is 35.5. The van der Waals surface area contributed by atoms with Crippen molar-refractivity contribution < 1.29 is 18.4 Å². The Kier molecular flexibility index (Phi) is 7.30. The van der Waals surface area contributed by atoms with Crippen molar-refractivity contribution in [1.82, 2.24) is 20.5 Å². The maximum Gasteiger partial charge on any atom is 0.270 e. The maximum atomic E-state index is 13.7. The van der Waals surface area contributed by atoms with Crippen LogP contribution in [-0.4, -0.2) is 41.3 Å². The Balaban J connectivity index is 1.64. The van der Waals surface area contributed by atoms with E-state index in [1.165, 1.54) is 24.3 Å². The Morgan fingerprint density at radius 3 is 2.61 bits per heavy atom. The normalized spacial score (nSPS) is 14.0. The molecule has 0 saturated carbocycles. The molecule has 10 heteroatoms. The molecule has 1 aliphatic rings. The summed E-state index contributed by atoms with van der Waals surface area (Å²) in [5, 5.41) is 6.13. The lowest BCUT2D eigenvalue weighted by Crippen LogP contribution is -2.35.